The quantitative estimate of drug-likeness (QED) is 0.134. The zero-order chi connectivity index (χ0) is 37.0. The number of hydrogen-bond donors (Lipinski definition) is 3. The Bertz CT molecular complexity index is 2420. The minimum atomic E-state index is 0.765. The van der Waals surface area contributed by atoms with Gasteiger partial charge < -0.3 is 23.9 Å². The molecule has 266 valence electrons. The molecule has 0 spiro atoms. The summed E-state index contributed by atoms with van der Waals surface area (Å²) in [7, 11) is 6.71. The first-order chi connectivity index (χ1) is 26.6. The van der Waals surface area contributed by atoms with Crippen molar-refractivity contribution in [2.45, 2.75) is 0 Å². The van der Waals surface area contributed by atoms with Gasteiger partial charge in [-0.3, -0.25) is 0 Å². The van der Waals surface area contributed by atoms with Crippen LogP contribution in [0, 0.1) is 0 Å². The highest BCUT2D eigenvalue weighted by Crippen LogP contribution is 2.38. The number of methoxy groups -OCH3 is 4. The molecule has 1 aliphatic heterocycles. The molecule has 2 heterocycles. The maximum absolute atomic E-state index is 5.47. The van der Waals surface area contributed by atoms with E-state index >= 15 is 0 Å². The van der Waals surface area contributed by atoms with Crippen LogP contribution in [0.5, 0.6) is 23.0 Å². The van der Waals surface area contributed by atoms with Gasteiger partial charge in [0, 0.05) is 27.8 Å². The average molecular weight is 713 g/mol. The number of benzene rings is 6. The molecule has 0 bridgehead atoms. The number of nitrogens with zero attached hydrogens (tertiary/aromatic N) is 1. The Morgan fingerprint density at radius 3 is 1.41 bits per heavy atom. The molecule has 1 aliphatic rings. The molecular weight excluding hydrogens is 673 g/mol. The summed E-state index contributed by atoms with van der Waals surface area (Å²) in [4.78, 5) is 12.8. The van der Waals surface area contributed by atoms with E-state index in [0.29, 0.717) is 0 Å². The highest BCUT2D eigenvalue weighted by molar-refractivity contribution is 6.03. The van der Waals surface area contributed by atoms with E-state index in [-0.39, 0.29) is 0 Å². The van der Waals surface area contributed by atoms with E-state index < -0.39 is 0 Å². The fourth-order valence-electron chi connectivity index (χ4n) is 6.89. The summed E-state index contributed by atoms with van der Waals surface area (Å²) in [5.74, 6) is 4.96. The van der Waals surface area contributed by atoms with Crippen molar-refractivity contribution >= 4 is 17.2 Å². The number of quaternary nitrogens is 1. The minimum Gasteiger partial charge on any atom is -0.497 e. The minimum absolute atomic E-state index is 0.765. The molecule has 4 N–H and O–H groups in total. The van der Waals surface area contributed by atoms with Gasteiger partial charge in [-0.15, -0.1) is 0 Å². The molecule has 0 saturated carbocycles. The van der Waals surface area contributed by atoms with E-state index in [0.717, 1.165) is 102 Å². The molecule has 0 atom stereocenters. The van der Waals surface area contributed by atoms with Crippen LogP contribution in [0.2, 0.25) is 0 Å². The van der Waals surface area contributed by atoms with Crippen molar-refractivity contribution in [2.75, 3.05) is 28.4 Å². The van der Waals surface area contributed by atoms with E-state index in [9.17, 15) is 0 Å². The predicted molar refractivity (Wildman–Crippen MR) is 213 cm³/mol. The SMILES string of the molecule is COc1ccc(C2=C(c3ccc(OC)cc3)[NH2+]C(c3ccccc3-c3ccccc3-c3nc(-c4ccc(OC)cc4)c(-c4ccc(OC)cc4)[nH]3)=[NH+]2)cc1. The van der Waals surface area contributed by atoms with Crippen LogP contribution in [0.25, 0.3) is 56.4 Å². The Balaban J connectivity index is 1.23. The molecule has 0 amide bonds. The van der Waals surface area contributed by atoms with Crippen molar-refractivity contribution in [1.29, 1.82) is 0 Å². The van der Waals surface area contributed by atoms with Gasteiger partial charge in [0.2, 0.25) is 5.70 Å². The van der Waals surface area contributed by atoms with Crippen molar-refractivity contribution in [2.24, 2.45) is 0 Å². The summed E-state index contributed by atoms with van der Waals surface area (Å²) in [6, 6.07) is 49.3. The van der Waals surface area contributed by atoms with Gasteiger partial charge in [-0.1, -0.05) is 42.5 Å². The van der Waals surface area contributed by atoms with Gasteiger partial charge in [0.25, 0.3) is 5.70 Å². The van der Waals surface area contributed by atoms with Crippen LogP contribution in [-0.4, -0.2) is 44.2 Å². The summed E-state index contributed by atoms with van der Waals surface area (Å²) < 4.78 is 21.9. The van der Waals surface area contributed by atoms with Crippen LogP contribution in [0.1, 0.15) is 16.7 Å². The second-order valence-electron chi connectivity index (χ2n) is 12.8. The van der Waals surface area contributed by atoms with Crippen LogP contribution in [0.15, 0.2) is 146 Å². The van der Waals surface area contributed by atoms with Gasteiger partial charge in [-0.2, -0.15) is 4.99 Å². The number of nitrogen functional groups attached to an aromatic ring is 1. The van der Waals surface area contributed by atoms with Crippen LogP contribution in [-0.2, 0) is 0 Å². The van der Waals surface area contributed by atoms with Crippen LogP contribution in [0.3, 0.4) is 0 Å². The summed E-state index contributed by atoms with van der Waals surface area (Å²) in [5, 5.41) is 2.24. The number of nitrogens with one attached hydrogen (secondary N) is 2. The van der Waals surface area contributed by atoms with Gasteiger partial charge in [0.15, 0.2) is 0 Å². The van der Waals surface area contributed by atoms with E-state index in [4.69, 9.17) is 23.9 Å². The Kier molecular flexibility index (Phi) is 9.49. The Morgan fingerprint density at radius 1 is 0.463 bits per heavy atom. The van der Waals surface area contributed by atoms with E-state index in [2.05, 4.69) is 100 Å². The number of amidine groups is 1. The fourth-order valence-corrected chi connectivity index (χ4v) is 6.89. The first-order valence-corrected chi connectivity index (χ1v) is 17.7. The molecule has 8 nitrogen and oxygen atoms in total. The molecule has 1 aromatic heterocycles. The summed E-state index contributed by atoms with van der Waals surface area (Å²) in [6.45, 7) is 0. The van der Waals surface area contributed by atoms with Gasteiger partial charge in [0.1, 0.15) is 34.4 Å². The smallest absolute Gasteiger partial charge is 0.377 e. The molecule has 0 fully saturated rings. The maximum atomic E-state index is 5.47. The van der Waals surface area contributed by atoms with Crippen molar-refractivity contribution < 1.29 is 29.3 Å². The van der Waals surface area contributed by atoms with Crippen molar-refractivity contribution in [3.05, 3.63) is 162 Å². The lowest BCUT2D eigenvalue weighted by Crippen LogP contribution is -2.91. The first kappa shape index (κ1) is 34.2. The molecule has 0 aliphatic carbocycles. The average Bonchev–Trinajstić information content (AvgIpc) is 3.90. The highest BCUT2D eigenvalue weighted by atomic mass is 16.5. The number of aromatic nitrogens is 2. The normalized spacial score (nSPS) is 12.4. The van der Waals surface area contributed by atoms with Gasteiger partial charge >= 0.3 is 5.84 Å². The number of hydrogen-bond acceptors (Lipinski definition) is 5. The number of nitrogens with two attached hydrogens (primary N) is 1. The number of ether oxygens (including phenoxy) is 4. The molecule has 8 rings (SSSR count). The van der Waals surface area contributed by atoms with Crippen LogP contribution < -0.4 is 29.3 Å². The van der Waals surface area contributed by atoms with Crippen molar-refractivity contribution in [3.63, 3.8) is 0 Å². The molecule has 0 radical (unpaired) electrons. The first-order valence-electron chi connectivity index (χ1n) is 17.7. The van der Waals surface area contributed by atoms with E-state index in [1.54, 1.807) is 28.4 Å². The van der Waals surface area contributed by atoms with Crippen molar-refractivity contribution in [1.82, 2.24) is 9.97 Å². The summed E-state index contributed by atoms with van der Waals surface area (Å²) >= 11 is 0. The van der Waals surface area contributed by atoms with Gasteiger partial charge in [0.05, 0.1) is 45.4 Å². The van der Waals surface area contributed by atoms with Crippen molar-refractivity contribution in [3.8, 4) is 68.0 Å². The third kappa shape index (κ3) is 6.62. The van der Waals surface area contributed by atoms with Crippen LogP contribution >= 0.6 is 0 Å². The molecule has 54 heavy (non-hydrogen) atoms. The second-order valence-corrected chi connectivity index (χ2v) is 12.8. The zero-order valence-corrected chi connectivity index (χ0v) is 30.5. The molecule has 6 aromatic carbocycles. The molecule has 8 heteroatoms. The number of H-pyrrole nitrogens is 1. The summed E-state index contributed by atoms with van der Waals surface area (Å²) in [6.07, 6.45) is 0. The third-order valence-corrected chi connectivity index (χ3v) is 9.73. The molecule has 0 unspecified atom stereocenters. The largest absolute Gasteiger partial charge is 0.497 e. The predicted octanol–water partition coefficient (Wildman–Crippen LogP) is 7.04. The Hall–Kier alpha value is -6.90. The Labute approximate surface area is 314 Å². The van der Waals surface area contributed by atoms with E-state index in [1.165, 1.54) is 0 Å². The molecular formula is C46H40N4O4+2. The lowest BCUT2D eigenvalue weighted by molar-refractivity contribution is -0.481. The molecule has 0 saturated heterocycles. The van der Waals surface area contributed by atoms with Gasteiger partial charge in [-0.05, 0) is 109 Å². The standard InChI is InChI=1S/C46H38N4O4/c1-51-33-21-13-29(14-22-33)41-42(30-15-23-34(52-2)24-16-30)48-45(47-41)39-11-7-5-9-37(39)38-10-6-8-12-40(38)46-49-43(31-17-25-35(53-3)26-18-31)44(50-46)32-19-27-36(54-4)28-20-32/h5-28H,1-4H3,(H,47,48)(H,49,50)/p+2. The highest BCUT2D eigenvalue weighted by Gasteiger charge is 2.35. The lowest BCUT2D eigenvalue weighted by atomic mass is 9.94. The maximum Gasteiger partial charge on any atom is 0.377 e. The van der Waals surface area contributed by atoms with E-state index in [1.807, 2.05) is 60.7 Å². The number of aromatic amines is 1. The summed E-state index contributed by atoms with van der Waals surface area (Å²) in [5.41, 5.74) is 12.1. The second kappa shape index (κ2) is 15.0. The zero-order valence-electron chi connectivity index (χ0n) is 30.5. The van der Waals surface area contributed by atoms with Crippen LogP contribution in [0.4, 0.5) is 0 Å². The lowest BCUT2D eigenvalue weighted by Gasteiger charge is -2.10. The number of imidazole rings is 1. The fraction of sp³-hybridized carbons (Fsp3) is 0.0870. The number of rotatable bonds is 11. The third-order valence-electron chi connectivity index (χ3n) is 9.73. The van der Waals surface area contributed by atoms with Gasteiger partial charge in [-0.25, -0.2) is 10.3 Å². The monoisotopic (exact) mass is 712 g/mol. The molecule has 7 aromatic rings. The topological polar surface area (TPSA) is 96.2 Å². The Morgan fingerprint density at radius 2 is 0.889 bits per heavy atom.